The van der Waals surface area contributed by atoms with E-state index in [-0.39, 0.29) is 0 Å². The number of pyridine rings is 1. The van der Waals surface area contributed by atoms with E-state index in [9.17, 15) is 0 Å². The summed E-state index contributed by atoms with van der Waals surface area (Å²) < 4.78 is 10.9. The van der Waals surface area contributed by atoms with E-state index in [0.29, 0.717) is 12.6 Å². The summed E-state index contributed by atoms with van der Waals surface area (Å²) in [5.41, 5.74) is 2.44. The number of ether oxygens (including phenoxy) is 2. The molecule has 0 aliphatic carbocycles. The molecule has 0 amide bonds. The van der Waals surface area contributed by atoms with Crippen LogP contribution in [0.3, 0.4) is 0 Å². The Bertz CT molecular complexity index is 660. The van der Waals surface area contributed by atoms with Crippen LogP contribution in [0.2, 0.25) is 0 Å². The van der Waals surface area contributed by atoms with Crippen molar-refractivity contribution >= 4 is 5.82 Å². The van der Waals surface area contributed by atoms with Crippen molar-refractivity contribution in [2.24, 2.45) is 0 Å². The lowest BCUT2D eigenvalue weighted by Gasteiger charge is -2.19. The minimum atomic E-state index is 0.322. The van der Waals surface area contributed by atoms with Crippen LogP contribution >= 0.6 is 0 Å². The Balaban J connectivity index is 1.60. The van der Waals surface area contributed by atoms with Gasteiger partial charge >= 0.3 is 0 Å². The third-order valence-electron chi connectivity index (χ3n) is 4.57. The van der Waals surface area contributed by atoms with E-state index < -0.39 is 0 Å². The third kappa shape index (κ3) is 4.71. The standard InChI is InChI=1S/C20H27N3O2/c1-23(11-13-24-2)20-10-9-16(15-22-20)14-21-18-7-5-12-25-19-8-4-3-6-17(18)19/h3-4,6,8-10,15,18,21H,5,7,11-14H2,1-2H3/t18-/m1/s1. The van der Waals surface area contributed by atoms with Gasteiger partial charge in [0.25, 0.3) is 0 Å². The molecule has 0 saturated heterocycles. The first-order valence-corrected chi connectivity index (χ1v) is 8.88. The van der Waals surface area contributed by atoms with Gasteiger partial charge in [-0.15, -0.1) is 0 Å². The average molecular weight is 341 g/mol. The fraction of sp³-hybridized carbons (Fsp3) is 0.450. The van der Waals surface area contributed by atoms with E-state index in [4.69, 9.17) is 9.47 Å². The van der Waals surface area contributed by atoms with Crippen molar-refractivity contribution in [3.05, 3.63) is 53.7 Å². The second-order valence-electron chi connectivity index (χ2n) is 6.40. The Morgan fingerprint density at radius 3 is 2.96 bits per heavy atom. The van der Waals surface area contributed by atoms with Gasteiger partial charge in [-0.1, -0.05) is 24.3 Å². The number of methoxy groups -OCH3 is 1. The maximum atomic E-state index is 5.84. The molecule has 1 aromatic carbocycles. The molecule has 0 spiro atoms. The summed E-state index contributed by atoms with van der Waals surface area (Å²) in [4.78, 5) is 6.66. The summed E-state index contributed by atoms with van der Waals surface area (Å²) in [6.45, 7) is 3.12. The highest BCUT2D eigenvalue weighted by Gasteiger charge is 2.18. The van der Waals surface area contributed by atoms with Crippen LogP contribution < -0.4 is 15.0 Å². The normalized spacial score (nSPS) is 16.6. The van der Waals surface area contributed by atoms with Crippen LogP contribution in [-0.2, 0) is 11.3 Å². The van der Waals surface area contributed by atoms with Crippen molar-refractivity contribution in [1.29, 1.82) is 0 Å². The molecule has 1 aliphatic rings. The van der Waals surface area contributed by atoms with Crippen molar-refractivity contribution in [2.75, 3.05) is 38.8 Å². The zero-order valence-electron chi connectivity index (χ0n) is 15.1. The second kappa shape index (κ2) is 8.83. The summed E-state index contributed by atoms with van der Waals surface area (Å²) in [5, 5.41) is 3.66. The number of nitrogens with one attached hydrogen (secondary N) is 1. The first kappa shape index (κ1) is 17.7. The van der Waals surface area contributed by atoms with Gasteiger partial charge in [-0.25, -0.2) is 4.98 Å². The van der Waals surface area contributed by atoms with Gasteiger partial charge in [0, 0.05) is 45.0 Å². The van der Waals surface area contributed by atoms with Gasteiger partial charge in [0.2, 0.25) is 0 Å². The van der Waals surface area contributed by atoms with Gasteiger partial charge < -0.3 is 19.7 Å². The van der Waals surface area contributed by atoms with E-state index in [2.05, 4.69) is 45.5 Å². The molecule has 0 bridgehead atoms. The zero-order valence-corrected chi connectivity index (χ0v) is 15.1. The largest absolute Gasteiger partial charge is 0.493 e. The van der Waals surface area contributed by atoms with E-state index in [1.807, 2.05) is 19.3 Å². The van der Waals surface area contributed by atoms with E-state index >= 15 is 0 Å². The molecule has 1 N–H and O–H groups in total. The van der Waals surface area contributed by atoms with Crippen molar-refractivity contribution < 1.29 is 9.47 Å². The molecule has 2 heterocycles. The van der Waals surface area contributed by atoms with Crippen LogP contribution in [0.15, 0.2) is 42.6 Å². The van der Waals surface area contributed by atoms with E-state index in [1.165, 1.54) is 11.1 Å². The monoisotopic (exact) mass is 341 g/mol. The molecule has 0 radical (unpaired) electrons. The molecule has 0 unspecified atom stereocenters. The quantitative estimate of drug-likeness (QED) is 0.838. The molecule has 25 heavy (non-hydrogen) atoms. The smallest absolute Gasteiger partial charge is 0.128 e. The maximum Gasteiger partial charge on any atom is 0.128 e. The number of anilines is 1. The minimum Gasteiger partial charge on any atom is -0.493 e. The summed E-state index contributed by atoms with van der Waals surface area (Å²) in [6.07, 6.45) is 4.10. The van der Waals surface area contributed by atoms with Crippen molar-refractivity contribution in [3.63, 3.8) is 0 Å². The van der Waals surface area contributed by atoms with Crippen LogP contribution in [0.1, 0.15) is 30.0 Å². The van der Waals surface area contributed by atoms with Crippen LogP contribution in [0, 0.1) is 0 Å². The van der Waals surface area contributed by atoms with Gasteiger partial charge in [-0.05, 0) is 30.5 Å². The van der Waals surface area contributed by atoms with Crippen LogP contribution in [-0.4, -0.2) is 38.9 Å². The highest BCUT2D eigenvalue weighted by Crippen LogP contribution is 2.31. The Morgan fingerprint density at radius 2 is 2.16 bits per heavy atom. The topological polar surface area (TPSA) is 46.6 Å². The Kier molecular flexibility index (Phi) is 6.25. The molecular weight excluding hydrogens is 314 g/mol. The fourth-order valence-electron chi connectivity index (χ4n) is 3.07. The molecule has 1 aromatic heterocycles. The number of hydrogen-bond donors (Lipinski definition) is 1. The average Bonchev–Trinajstić information content (AvgIpc) is 2.87. The second-order valence-corrected chi connectivity index (χ2v) is 6.40. The number of rotatable bonds is 7. The first-order valence-electron chi connectivity index (χ1n) is 8.88. The highest BCUT2D eigenvalue weighted by atomic mass is 16.5. The van der Waals surface area contributed by atoms with E-state index in [0.717, 1.165) is 44.1 Å². The molecule has 3 rings (SSSR count). The predicted octanol–water partition coefficient (Wildman–Crippen LogP) is 3.17. The van der Waals surface area contributed by atoms with Gasteiger partial charge in [0.1, 0.15) is 11.6 Å². The molecule has 5 heteroatoms. The van der Waals surface area contributed by atoms with Crippen LogP contribution in [0.5, 0.6) is 5.75 Å². The highest BCUT2D eigenvalue weighted by molar-refractivity contribution is 5.39. The van der Waals surface area contributed by atoms with Crippen molar-refractivity contribution in [1.82, 2.24) is 10.3 Å². The molecular formula is C20H27N3O2. The van der Waals surface area contributed by atoms with Gasteiger partial charge in [-0.3, -0.25) is 0 Å². The molecule has 1 atom stereocenters. The summed E-state index contributed by atoms with van der Waals surface area (Å²) in [7, 11) is 3.74. The fourth-order valence-corrected chi connectivity index (χ4v) is 3.07. The summed E-state index contributed by atoms with van der Waals surface area (Å²) in [6, 6.07) is 12.8. The first-order chi connectivity index (χ1) is 12.3. The molecule has 0 fully saturated rings. The van der Waals surface area contributed by atoms with Crippen LogP contribution in [0.4, 0.5) is 5.82 Å². The van der Waals surface area contributed by atoms with Crippen molar-refractivity contribution in [2.45, 2.75) is 25.4 Å². The number of benzene rings is 1. The SMILES string of the molecule is COCCN(C)c1ccc(CN[C@@H]2CCCOc3ccccc32)cn1. The molecule has 134 valence electrons. The number of likely N-dealkylation sites (N-methyl/N-ethyl adjacent to an activating group) is 1. The predicted molar refractivity (Wildman–Crippen MR) is 100 cm³/mol. The molecule has 1 aliphatic heterocycles. The van der Waals surface area contributed by atoms with Crippen molar-refractivity contribution in [3.8, 4) is 5.75 Å². The minimum absolute atomic E-state index is 0.322. The Hall–Kier alpha value is -2.11. The molecule has 5 nitrogen and oxygen atoms in total. The zero-order chi connectivity index (χ0) is 17.5. The van der Waals surface area contributed by atoms with Crippen LogP contribution in [0.25, 0.3) is 0 Å². The van der Waals surface area contributed by atoms with Gasteiger partial charge in [0.05, 0.1) is 13.2 Å². The summed E-state index contributed by atoms with van der Waals surface area (Å²) in [5.74, 6) is 1.97. The lowest BCUT2D eigenvalue weighted by Crippen LogP contribution is -2.23. The summed E-state index contributed by atoms with van der Waals surface area (Å²) >= 11 is 0. The van der Waals surface area contributed by atoms with Gasteiger partial charge in [0.15, 0.2) is 0 Å². The number of para-hydroxylation sites is 1. The maximum absolute atomic E-state index is 5.84. The number of aromatic nitrogens is 1. The number of nitrogens with zero attached hydrogens (tertiary/aromatic N) is 2. The van der Waals surface area contributed by atoms with Gasteiger partial charge in [-0.2, -0.15) is 0 Å². The number of hydrogen-bond acceptors (Lipinski definition) is 5. The number of fused-ring (bicyclic) bond motifs is 1. The molecule has 2 aromatic rings. The van der Waals surface area contributed by atoms with E-state index in [1.54, 1.807) is 7.11 Å². The Labute approximate surface area is 150 Å². The Morgan fingerprint density at radius 1 is 1.28 bits per heavy atom. The molecule has 0 saturated carbocycles. The lowest BCUT2D eigenvalue weighted by molar-refractivity contribution is 0.206. The third-order valence-corrected chi connectivity index (χ3v) is 4.57. The lowest BCUT2D eigenvalue weighted by atomic mass is 10.0.